The van der Waals surface area contributed by atoms with Crippen LogP contribution in [-0.2, 0) is 9.53 Å². The van der Waals surface area contributed by atoms with E-state index in [2.05, 4.69) is 16.8 Å². The van der Waals surface area contributed by atoms with Crippen molar-refractivity contribution < 1.29 is 19.1 Å². The zero-order chi connectivity index (χ0) is 19.1. The molecule has 2 fully saturated rings. The van der Waals surface area contributed by atoms with Crippen LogP contribution in [0.1, 0.15) is 46.4 Å². The number of anilines is 1. The number of nitrogens with zero attached hydrogens (tertiary/aromatic N) is 2. The predicted molar refractivity (Wildman–Crippen MR) is 99.5 cm³/mol. The van der Waals surface area contributed by atoms with E-state index in [1.807, 2.05) is 6.07 Å². The van der Waals surface area contributed by atoms with E-state index in [1.165, 1.54) is 0 Å². The molecule has 0 bridgehead atoms. The monoisotopic (exact) mass is 369 g/mol. The largest absolute Gasteiger partial charge is 0.381 e. The number of benzene rings is 1. The van der Waals surface area contributed by atoms with Crippen molar-refractivity contribution in [1.82, 2.24) is 10.2 Å². The van der Waals surface area contributed by atoms with E-state index < -0.39 is 17.9 Å². The van der Waals surface area contributed by atoms with E-state index in [0.717, 1.165) is 36.5 Å². The third kappa shape index (κ3) is 3.02. The number of allylic oxidation sites excluding steroid dienone is 1. The maximum atomic E-state index is 12.9. The van der Waals surface area contributed by atoms with E-state index in [0.29, 0.717) is 29.7 Å². The molecule has 0 aromatic heterocycles. The highest BCUT2D eigenvalue weighted by atomic mass is 16.5. The summed E-state index contributed by atoms with van der Waals surface area (Å²) in [7, 11) is 1.73. The maximum Gasteiger partial charge on any atom is 0.262 e. The molecule has 0 saturated carbocycles. The van der Waals surface area contributed by atoms with Gasteiger partial charge in [-0.05, 0) is 43.9 Å². The van der Waals surface area contributed by atoms with Gasteiger partial charge in [0.25, 0.3) is 11.8 Å². The second-order valence-electron chi connectivity index (χ2n) is 7.28. The molecule has 1 atom stereocenters. The predicted octanol–water partition coefficient (Wildman–Crippen LogP) is 1.69. The first kappa shape index (κ1) is 17.7. The van der Waals surface area contributed by atoms with Crippen LogP contribution >= 0.6 is 0 Å². The quantitative estimate of drug-likeness (QED) is 0.821. The molecule has 3 heterocycles. The Morgan fingerprint density at radius 1 is 1.07 bits per heavy atom. The van der Waals surface area contributed by atoms with Gasteiger partial charge in [-0.1, -0.05) is 6.58 Å². The summed E-state index contributed by atoms with van der Waals surface area (Å²) in [5, 5.41) is 2.65. The third-order valence-corrected chi connectivity index (χ3v) is 5.68. The molecule has 3 amide bonds. The zero-order valence-electron chi connectivity index (χ0n) is 15.4. The summed E-state index contributed by atoms with van der Waals surface area (Å²) in [5.74, 6) is -1.13. The number of ether oxygens (including phenoxy) is 1. The van der Waals surface area contributed by atoms with Gasteiger partial charge in [-0.15, -0.1) is 0 Å². The second kappa shape index (κ2) is 6.81. The van der Waals surface area contributed by atoms with Crippen LogP contribution in [0.25, 0.3) is 0 Å². The fourth-order valence-electron chi connectivity index (χ4n) is 4.09. The highest BCUT2D eigenvalue weighted by Gasteiger charge is 2.44. The summed E-state index contributed by atoms with van der Waals surface area (Å²) in [5.41, 5.74) is 2.29. The summed E-state index contributed by atoms with van der Waals surface area (Å²) >= 11 is 0. The average molecular weight is 369 g/mol. The van der Waals surface area contributed by atoms with Gasteiger partial charge in [-0.2, -0.15) is 0 Å². The SMILES string of the molecule is C=C1CCC(N2C(=O)c3ccc(N4CCC(OC)CC4)cc3C2=O)C(=O)N1. The molecule has 3 aliphatic rings. The minimum atomic E-state index is -0.774. The molecule has 7 nitrogen and oxygen atoms in total. The number of piperidine rings is 2. The smallest absolute Gasteiger partial charge is 0.262 e. The van der Waals surface area contributed by atoms with Crippen LogP contribution < -0.4 is 10.2 Å². The molecule has 1 unspecified atom stereocenters. The molecule has 1 aromatic carbocycles. The summed E-state index contributed by atoms with van der Waals surface area (Å²) in [6.07, 6.45) is 3.10. The van der Waals surface area contributed by atoms with E-state index in [9.17, 15) is 14.4 Å². The summed E-state index contributed by atoms with van der Waals surface area (Å²) in [6, 6.07) is 4.59. The van der Waals surface area contributed by atoms with Crippen LogP contribution in [-0.4, -0.2) is 55.0 Å². The van der Waals surface area contributed by atoms with Gasteiger partial charge in [-0.3, -0.25) is 19.3 Å². The third-order valence-electron chi connectivity index (χ3n) is 5.68. The first-order chi connectivity index (χ1) is 13.0. The first-order valence-corrected chi connectivity index (χ1v) is 9.28. The minimum Gasteiger partial charge on any atom is -0.381 e. The van der Waals surface area contributed by atoms with Crippen molar-refractivity contribution in [2.45, 2.75) is 37.8 Å². The van der Waals surface area contributed by atoms with Gasteiger partial charge in [0.05, 0.1) is 17.2 Å². The lowest BCUT2D eigenvalue weighted by Crippen LogP contribution is -2.51. The second-order valence-corrected chi connectivity index (χ2v) is 7.28. The topological polar surface area (TPSA) is 79.0 Å². The zero-order valence-corrected chi connectivity index (χ0v) is 15.4. The number of carbonyl (C=O) groups is 3. The lowest BCUT2D eigenvalue weighted by Gasteiger charge is -2.33. The van der Waals surface area contributed by atoms with Crippen LogP contribution in [0.2, 0.25) is 0 Å². The molecule has 0 spiro atoms. The highest BCUT2D eigenvalue weighted by Crippen LogP contribution is 2.32. The number of amides is 3. The van der Waals surface area contributed by atoms with Crippen LogP contribution in [0, 0.1) is 0 Å². The van der Waals surface area contributed by atoms with Crippen molar-refractivity contribution in [2.24, 2.45) is 0 Å². The van der Waals surface area contributed by atoms with Crippen molar-refractivity contribution in [3.8, 4) is 0 Å². The molecular formula is C20H23N3O4. The van der Waals surface area contributed by atoms with E-state index >= 15 is 0 Å². The Kier molecular flexibility index (Phi) is 4.47. The van der Waals surface area contributed by atoms with Crippen LogP contribution in [0.15, 0.2) is 30.5 Å². The number of imide groups is 1. The van der Waals surface area contributed by atoms with Crippen LogP contribution in [0.5, 0.6) is 0 Å². The van der Waals surface area contributed by atoms with Crippen molar-refractivity contribution in [1.29, 1.82) is 0 Å². The Labute approximate surface area is 158 Å². The number of nitrogens with one attached hydrogen (secondary N) is 1. The van der Waals surface area contributed by atoms with Crippen molar-refractivity contribution >= 4 is 23.4 Å². The number of rotatable bonds is 3. The Morgan fingerprint density at radius 3 is 2.44 bits per heavy atom. The summed E-state index contributed by atoms with van der Waals surface area (Å²) in [4.78, 5) is 41.3. The Bertz CT molecular complexity index is 827. The number of fused-ring (bicyclic) bond motifs is 1. The minimum absolute atomic E-state index is 0.272. The molecule has 3 aliphatic heterocycles. The molecule has 4 rings (SSSR count). The molecule has 0 aliphatic carbocycles. The van der Waals surface area contributed by atoms with Gasteiger partial charge in [0.15, 0.2) is 0 Å². The fourth-order valence-corrected chi connectivity index (χ4v) is 4.09. The molecule has 0 radical (unpaired) electrons. The van der Waals surface area contributed by atoms with E-state index in [1.54, 1.807) is 19.2 Å². The highest BCUT2D eigenvalue weighted by molar-refractivity contribution is 6.23. The van der Waals surface area contributed by atoms with Crippen molar-refractivity contribution in [3.05, 3.63) is 41.6 Å². The fraction of sp³-hybridized carbons (Fsp3) is 0.450. The number of carbonyl (C=O) groups excluding carboxylic acids is 3. The van der Waals surface area contributed by atoms with Crippen molar-refractivity contribution in [3.63, 3.8) is 0 Å². The van der Waals surface area contributed by atoms with Gasteiger partial charge in [0.2, 0.25) is 5.91 Å². The summed E-state index contributed by atoms with van der Waals surface area (Å²) in [6.45, 7) is 5.43. The summed E-state index contributed by atoms with van der Waals surface area (Å²) < 4.78 is 5.40. The van der Waals surface area contributed by atoms with E-state index in [4.69, 9.17) is 4.74 Å². The van der Waals surface area contributed by atoms with Gasteiger partial charge >= 0.3 is 0 Å². The van der Waals surface area contributed by atoms with Gasteiger partial charge in [0, 0.05) is 31.6 Å². The molecular weight excluding hydrogens is 346 g/mol. The molecule has 1 N–H and O–H groups in total. The van der Waals surface area contributed by atoms with Crippen LogP contribution in [0.3, 0.4) is 0 Å². The molecule has 142 valence electrons. The Balaban J connectivity index is 1.57. The van der Waals surface area contributed by atoms with Gasteiger partial charge in [-0.25, -0.2) is 0 Å². The van der Waals surface area contributed by atoms with Crippen LogP contribution in [0.4, 0.5) is 5.69 Å². The molecule has 27 heavy (non-hydrogen) atoms. The van der Waals surface area contributed by atoms with Gasteiger partial charge in [0.1, 0.15) is 6.04 Å². The number of hydrogen-bond acceptors (Lipinski definition) is 5. The average Bonchev–Trinajstić information content (AvgIpc) is 2.92. The molecule has 7 heteroatoms. The van der Waals surface area contributed by atoms with E-state index in [-0.39, 0.29) is 12.0 Å². The number of hydrogen-bond donors (Lipinski definition) is 1. The first-order valence-electron chi connectivity index (χ1n) is 9.28. The van der Waals surface area contributed by atoms with Crippen molar-refractivity contribution in [2.75, 3.05) is 25.1 Å². The normalized spacial score (nSPS) is 23.7. The Hall–Kier alpha value is -2.67. The molecule has 2 saturated heterocycles. The lowest BCUT2D eigenvalue weighted by molar-refractivity contribution is -0.125. The lowest BCUT2D eigenvalue weighted by atomic mass is 10.0. The standard InChI is InChI=1S/C20H23N3O4/c1-12-3-6-17(18(24)21-12)23-19(25)15-5-4-13(11-16(15)20(23)26)22-9-7-14(27-2)8-10-22/h4-5,11,14,17H,1,3,6-10H2,2H3,(H,21,24). The van der Waals surface area contributed by atoms with Gasteiger partial charge < -0.3 is 15.0 Å². The molecule has 1 aromatic rings. The maximum absolute atomic E-state index is 12.9. The number of methoxy groups -OCH3 is 1. The Morgan fingerprint density at radius 2 is 1.78 bits per heavy atom.